The second-order valence-corrected chi connectivity index (χ2v) is 1.36. The molecule has 0 aliphatic heterocycles. The first-order valence-corrected chi connectivity index (χ1v) is 2.06. The predicted molar refractivity (Wildman–Crippen MR) is 34.2 cm³/mol. The van der Waals surface area contributed by atoms with Crippen LogP contribution >= 0.6 is 0 Å². The number of aliphatic hydroxyl groups excluding tert-OH is 2. The van der Waals surface area contributed by atoms with Crippen LogP contribution in [0.4, 0.5) is 0 Å². The van der Waals surface area contributed by atoms with Crippen LogP contribution in [0.2, 0.25) is 0 Å². The van der Waals surface area contributed by atoms with Crippen molar-refractivity contribution in [2.24, 2.45) is 0 Å². The van der Waals surface area contributed by atoms with Crippen molar-refractivity contribution in [1.29, 1.82) is 0 Å². The monoisotopic (exact) mass is 192 g/mol. The van der Waals surface area contributed by atoms with Crippen LogP contribution in [-0.2, 0) is 21.7 Å². The number of hydrogen-bond acceptors (Lipinski definition) is 2. The zero-order chi connectivity index (χ0) is 4.99. The van der Waals surface area contributed by atoms with Gasteiger partial charge in [-0.25, -0.2) is 0 Å². The summed E-state index contributed by atoms with van der Waals surface area (Å²) in [5.41, 5.74) is 0. The topological polar surface area (TPSA) is 135 Å². The number of rotatable bonds is 2. The van der Waals surface area contributed by atoms with Crippen molar-refractivity contribution in [3.05, 3.63) is 0 Å². The van der Waals surface area contributed by atoms with Gasteiger partial charge in [0.05, 0.1) is 6.10 Å². The van der Waals surface area contributed by atoms with E-state index in [0.717, 1.165) is 0 Å². The van der Waals surface area contributed by atoms with Gasteiger partial charge >= 0.3 is 0 Å². The Morgan fingerprint density at radius 2 is 1.50 bits per heavy atom. The first-order chi connectivity index (χ1) is 2.77. The van der Waals surface area contributed by atoms with Crippen molar-refractivity contribution in [3.8, 4) is 0 Å². The second-order valence-electron chi connectivity index (χ2n) is 1.36. The fraction of sp³-hybridized carbons (Fsp3) is 1.00. The molecule has 0 amide bonds. The molecule has 0 heterocycles. The summed E-state index contributed by atoms with van der Waals surface area (Å²) in [6.07, 6.45) is 0.134. The number of aliphatic hydroxyl groups is 2. The van der Waals surface area contributed by atoms with E-state index in [1.165, 1.54) is 0 Å². The van der Waals surface area contributed by atoms with E-state index in [9.17, 15) is 0 Å². The van der Waals surface area contributed by atoms with Gasteiger partial charge in [-0.15, -0.1) is 0 Å². The van der Waals surface area contributed by atoms with Crippen LogP contribution in [0.25, 0.3) is 0 Å². The molecule has 0 aromatic rings. The van der Waals surface area contributed by atoms with Crippen molar-refractivity contribution < 1.29 is 48.4 Å². The Morgan fingerprint density at radius 1 is 1.20 bits per heavy atom. The molecule has 10 heavy (non-hydrogen) atoms. The van der Waals surface area contributed by atoms with Gasteiger partial charge in [-0.3, -0.25) is 0 Å². The first-order valence-electron chi connectivity index (χ1n) is 2.06. The number of hydrogen-bond donors (Lipinski definition) is 2. The average Bonchev–Trinajstić information content (AvgIpc) is 1.35. The van der Waals surface area contributed by atoms with Crippen LogP contribution in [0.3, 0.4) is 0 Å². The maximum absolute atomic E-state index is 8.39. The SMILES string of the molecule is CC(O)CCO.O.O.O.[Ti]. The van der Waals surface area contributed by atoms with Crippen molar-refractivity contribution in [3.63, 3.8) is 0 Å². The van der Waals surface area contributed by atoms with E-state index in [-0.39, 0.29) is 50.9 Å². The summed E-state index contributed by atoms with van der Waals surface area (Å²) >= 11 is 0. The molecule has 1 atom stereocenters. The van der Waals surface area contributed by atoms with Gasteiger partial charge in [0.2, 0.25) is 0 Å². The fourth-order valence-electron chi connectivity index (χ4n) is 0.187. The van der Waals surface area contributed by atoms with Crippen LogP contribution in [0, 0.1) is 0 Å². The van der Waals surface area contributed by atoms with Gasteiger partial charge in [-0.2, -0.15) is 0 Å². The first kappa shape index (κ1) is 31.3. The standard InChI is InChI=1S/C4H10O2.3H2O.Ti/c1-4(6)2-3-5;;;;/h4-6H,2-3H2,1H3;3*1H2;. The molecule has 1 unspecified atom stereocenters. The van der Waals surface area contributed by atoms with Crippen LogP contribution in [0.5, 0.6) is 0 Å². The van der Waals surface area contributed by atoms with Crippen molar-refractivity contribution in [2.45, 2.75) is 19.4 Å². The Bertz CT molecular complexity index is 34.8. The second kappa shape index (κ2) is 22.7. The Labute approximate surface area is 74.9 Å². The van der Waals surface area contributed by atoms with Crippen molar-refractivity contribution in [1.82, 2.24) is 0 Å². The van der Waals surface area contributed by atoms with E-state index in [0.29, 0.717) is 6.42 Å². The fourth-order valence-corrected chi connectivity index (χ4v) is 0.187. The summed E-state index contributed by atoms with van der Waals surface area (Å²) in [4.78, 5) is 0. The van der Waals surface area contributed by atoms with Crippen LogP contribution in [0.15, 0.2) is 0 Å². The Morgan fingerprint density at radius 3 is 1.50 bits per heavy atom. The molecule has 6 heteroatoms. The third-order valence-corrected chi connectivity index (χ3v) is 0.547. The van der Waals surface area contributed by atoms with Gasteiger partial charge < -0.3 is 26.6 Å². The minimum atomic E-state index is -0.352. The normalized spacial score (nSPS) is 8.70. The van der Waals surface area contributed by atoms with Crippen LogP contribution < -0.4 is 0 Å². The third-order valence-electron chi connectivity index (χ3n) is 0.547. The summed E-state index contributed by atoms with van der Waals surface area (Å²) in [6, 6.07) is 0. The summed E-state index contributed by atoms with van der Waals surface area (Å²) in [6.45, 7) is 1.73. The van der Waals surface area contributed by atoms with E-state index in [4.69, 9.17) is 10.2 Å². The van der Waals surface area contributed by atoms with E-state index < -0.39 is 0 Å². The molecule has 0 aromatic carbocycles. The predicted octanol–water partition coefficient (Wildman–Crippen LogP) is -2.73. The summed E-state index contributed by atoms with van der Waals surface area (Å²) in [5, 5.41) is 16.5. The van der Waals surface area contributed by atoms with Gasteiger partial charge in [-0.1, -0.05) is 0 Å². The average molecular weight is 192 g/mol. The van der Waals surface area contributed by atoms with Crippen LogP contribution in [-0.4, -0.2) is 39.4 Å². The molecule has 8 N–H and O–H groups in total. The summed E-state index contributed by atoms with van der Waals surface area (Å²) < 4.78 is 0. The van der Waals surface area contributed by atoms with E-state index >= 15 is 0 Å². The van der Waals surface area contributed by atoms with Gasteiger partial charge in [0.25, 0.3) is 0 Å². The smallest absolute Gasteiger partial charge is 0.0533 e. The quantitative estimate of drug-likeness (QED) is 0.459. The van der Waals surface area contributed by atoms with E-state index in [2.05, 4.69) is 0 Å². The third kappa shape index (κ3) is 38.9. The van der Waals surface area contributed by atoms with Gasteiger partial charge in [-0.05, 0) is 13.3 Å². The molecule has 0 aliphatic carbocycles. The Kier molecular flexibility index (Phi) is 71.0. The summed E-state index contributed by atoms with van der Waals surface area (Å²) in [5.74, 6) is 0. The molecule has 0 aliphatic rings. The van der Waals surface area contributed by atoms with Gasteiger partial charge in [0.15, 0.2) is 0 Å². The maximum atomic E-state index is 8.39. The van der Waals surface area contributed by atoms with Crippen molar-refractivity contribution in [2.75, 3.05) is 6.61 Å². The van der Waals surface area contributed by atoms with Gasteiger partial charge in [0.1, 0.15) is 0 Å². The largest absolute Gasteiger partial charge is 0.412 e. The zero-order valence-corrected chi connectivity index (χ0v) is 7.45. The molecular formula is C4H16O5Ti. The minimum absolute atomic E-state index is 0. The minimum Gasteiger partial charge on any atom is -0.412 e. The molecule has 5 nitrogen and oxygen atoms in total. The Balaban J connectivity index is -0.0000000208. The molecule has 0 fully saturated rings. The molecule has 66 valence electrons. The van der Waals surface area contributed by atoms with Crippen molar-refractivity contribution >= 4 is 0 Å². The molecule has 0 saturated carbocycles. The molecule has 0 saturated heterocycles. The van der Waals surface area contributed by atoms with E-state index in [1.807, 2.05) is 0 Å². The maximum Gasteiger partial charge on any atom is 0.0533 e. The van der Waals surface area contributed by atoms with Gasteiger partial charge in [0, 0.05) is 28.3 Å². The molecule has 0 spiro atoms. The Hall–Kier alpha value is 0.514. The molecule has 0 radical (unpaired) electrons. The molecule has 0 rings (SSSR count). The zero-order valence-electron chi connectivity index (χ0n) is 5.89. The summed E-state index contributed by atoms with van der Waals surface area (Å²) in [7, 11) is 0. The molecular weight excluding hydrogens is 176 g/mol. The molecule has 0 aromatic heterocycles. The van der Waals surface area contributed by atoms with Crippen LogP contribution in [0.1, 0.15) is 13.3 Å². The molecule has 0 bridgehead atoms. The van der Waals surface area contributed by atoms with E-state index in [1.54, 1.807) is 6.92 Å².